The van der Waals surface area contributed by atoms with Gasteiger partial charge in [0.15, 0.2) is 0 Å². The predicted octanol–water partition coefficient (Wildman–Crippen LogP) is 2.24. The third-order valence-corrected chi connectivity index (χ3v) is 2.33. The van der Waals surface area contributed by atoms with Crippen LogP contribution in [0.15, 0.2) is 18.2 Å². The molecule has 0 aliphatic carbocycles. The van der Waals surface area contributed by atoms with Crippen molar-refractivity contribution in [1.29, 1.82) is 0 Å². The fourth-order valence-electron chi connectivity index (χ4n) is 1.38. The average Bonchev–Trinajstić information content (AvgIpc) is 2.26. The first-order valence-corrected chi connectivity index (χ1v) is 5.03. The number of benzene rings is 1. The number of hydrogen-bond acceptors (Lipinski definition) is 2. The van der Waals surface area contributed by atoms with Crippen molar-refractivity contribution in [3.63, 3.8) is 0 Å². The molecule has 0 radical (unpaired) electrons. The molecule has 1 aromatic rings. The van der Waals surface area contributed by atoms with E-state index in [4.69, 9.17) is 5.11 Å². The zero-order valence-corrected chi connectivity index (χ0v) is 9.18. The Kier molecular flexibility index (Phi) is 4.47. The van der Waals surface area contributed by atoms with Crippen LogP contribution in [0, 0.1) is 11.6 Å². The third kappa shape index (κ3) is 3.67. The van der Waals surface area contributed by atoms with Crippen molar-refractivity contribution >= 4 is 0 Å². The molecule has 0 heterocycles. The van der Waals surface area contributed by atoms with Gasteiger partial charge in [0.05, 0.1) is 6.54 Å². The molecule has 17 heavy (non-hydrogen) atoms. The summed E-state index contributed by atoms with van der Waals surface area (Å²) < 4.78 is 52.0. The van der Waals surface area contributed by atoms with Gasteiger partial charge < -0.3 is 10.4 Å². The van der Waals surface area contributed by atoms with Gasteiger partial charge in [-0.25, -0.2) is 17.6 Å². The van der Waals surface area contributed by atoms with E-state index in [1.807, 2.05) is 0 Å². The number of nitrogens with one attached hydrogen (secondary N) is 1. The lowest BCUT2D eigenvalue weighted by Crippen LogP contribution is -2.37. The van der Waals surface area contributed by atoms with Crippen LogP contribution in [-0.2, 0) is 0 Å². The lowest BCUT2D eigenvalue weighted by atomic mass is 10.1. The summed E-state index contributed by atoms with van der Waals surface area (Å²) in [7, 11) is 0. The second-order valence-corrected chi connectivity index (χ2v) is 3.75. The van der Waals surface area contributed by atoms with Gasteiger partial charge in [-0.05, 0) is 19.1 Å². The molecule has 0 aliphatic rings. The molecule has 0 aromatic heterocycles. The van der Waals surface area contributed by atoms with Crippen molar-refractivity contribution in [1.82, 2.24) is 5.32 Å². The maximum Gasteiger partial charge on any atom is 0.282 e. The summed E-state index contributed by atoms with van der Waals surface area (Å²) in [4.78, 5) is 0. The molecular weight excluding hydrogens is 238 g/mol. The third-order valence-electron chi connectivity index (χ3n) is 2.33. The maximum atomic E-state index is 13.3. The molecule has 6 heteroatoms. The van der Waals surface area contributed by atoms with E-state index >= 15 is 0 Å². The van der Waals surface area contributed by atoms with E-state index < -0.39 is 36.8 Å². The molecule has 0 amide bonds. The van der Waals surface area contributed by atoms with Crippen molar-refractivity contribution in [2.24, 2.45) is 0 Å². The standard InChI is InChI=1S/C11H13F4NO/c1-7(16-5-11(14,15)6-17)10-8(12)3-2-4-9(10)13/h2-4,7,16-17H,5-6H2,1H3. The molecule has 0 fully saturated rings. The molecule has 2 nitrogen and oxygen atoms in total. The Bertz CT molecular complexity index is 363. The summed E-state index contributed by atoms with van der Waals surface area (Å²) in [6.07, 6.45) is 0. The summed E-state index contributed by atoms with van der Waals surface area (Å²) in [5.41, 5.74) is -0.291. The van der Waals surface area contributed by atoms with Crippen molar-refractivity contribution < 1.29 is 22.7 Å². The van der Waals surface area contributed by atoms with Crippen LogP contribution >= 0.6 is 0 Å². The minimum Gasteiger partial charge on any atom is -0.390 e. The van der Waals surface area contributed by atoms with E-state index in [1.165, 1.54) is 13.0 Å². The Hall–Kier alpha value is -1.14. The summed E-state index contributed by atoms with van der Waals surface area (Å²) in [6, 6.07) is 2.40. The van der Waals surface area contributed by atoms with Crippen LogP contribution in [0.2, 0.25) is 0 Å². The van der Waals surface area contributed by atoms with E-state index in [1.54, 1.807) is 0 Å². The van der Waals surface area contributed by atoms with Crippen LogP contribution in [0.3, 0.4) is 0 Å². The van der Waals surface area contributed by atoms with Gasteiger partial charge in [0.2, 0.25) is 0 Å². The van der Waals surface area contributed by atoms with Crippen LogP contribution < -0.4 is 5.32 Å². The first-order chi connectivity index (χ1) is 7.87. The highest BCUT2D eigenvalue weighted by atomic mass is 19.3. The average molecular weight is 251 g/mol. The number of halogens is 4. The molecular formula is C11H13F4NO. The van der Waals surface area contributed by atoms with Crippen LogP contribution in [0.1, 0.15) is 18.5 Å². The van der Waals surface area contributed by atoms with Gasteiger partial charge >= 0.3 is 0 Å². The number of aliphatic hydroxyl groups is 1. The van der Waals surface area contributed by atoms with Crippen molar-refractivity contribution in [2.45, 2.75) is 18.9 Å². The lowest BCUT2D eigenvalue weighted by molar-refractivity contribution is -0.0491. The second-order valence-electron chi connectivity index (χ2n) is 3.75. The van der Waals surface area contributed by atoms with Crippen LogP contribution in [-0.4, -0.2) is 24.2 Å². The van der Waals surface area contributed by atoms with E-state index in [0.717, 1.165) is 12.1 Å². The maximum absolute atomic E-state index is 13.3. The monoisotopic (exact) mass is 251 g/mol. The Balaban J connectivity index is 2.74. The number of alkyl halides is 2. The van der Waals surface area contributed by atoms with Gasteiger partial charge in [-0.15, -0.1) is 0 Å². The van der Waals surface area contributed by atoms with Gasteiger partial charge in [0, 0.05) is 11.6 Å². The van der Waals surface area contributed by atoms with Crippen LogP contribution in [0.4, 0.5) is 17.6 Å². The molecule has 1 unspecified atom stereocenters. The van der Waals surface area contributed by atoms with Gasteiger partial charge in [-0.3, -0.25) is 0 Å². The molecule has 0 bridgehead atoms. The molecule has 0 spiro atoms. The smallest absolute Gasteiger partial charge is 0.282 e. The summed E-state index contributed by atoms with van der Waals surface area (Å²) in [5.74, 6) is -4.90. The normalized spacial score (nSPS) is 13.8. The molecule has 0 saturated carbocycles. The van der Waals surface area contributed by atoms with E-state index in [9.17, 15) is 17.6 Å². The first-order valence-electron chi connectivity index (χ1n) is 5.03. The second kappa shape index (κ2) is 5.46. The Morgan fingerprint density at radius 1 is 1.29 bits per heavy atom. The summed E-state index contributed by atoms with van der Waals surface area (Å²) >= 11 is 0. The highest BCUT2D eigenvalue weighted by molar-refractivity contribution is 5.22. The highest BCUT2D eigenvalue weighted by Crippen LogP contribution is 2.21. The van der Waals surface area contributed by atoms with Crippen molar-refractivity contribution in [2.75, 3.05) is 13.2 Å². The van der Waals surface area contributed by atoms with Crippen LogP contribution in [0.5, 0.6) is 0 Å². The molecule has 0 aliphatic heterocycles. The SMILES string of the molecule is CC(NCC(F)(F)CO)c1c(F)cccc1F. The summed E-state index contributed by atoms with van der Waals surface area (Å²) in [6.45, 7) is -0.792. The zero-order chi connectivity index (χ0) is 13.1. The quantitative estimate of drug-likeness (QED) is 0.787. The minimum atomic E-state index is -3.31. The van der Waals surface area contributed by atoms with Gasteiger partial charge in [0.1, 0.15) is 18.2 Å². The minimum absolute atomic E-state index is 0.291. The van der Waals surface area contributed by atoms with E-state index in [0.29, 0.717) is 0 Å². The largest absolute Gasteiger partial charge is 0.390 e. The van der Waals surface area contributed by atoms with Gasteiger partial charge in [0.25, 0.3) is 5.92 Å². The zero-order valence-electron chi connectivity index (χ0n) is 9.18. The van der Waals surface area contributed by atoms with Crippen molar-refractivity contribution in [3.8, 4) is 0 Å². The fourth-order valence-corrected chi connectivity index (χ4v) is 1.38. The first kappa shape index (κ1) is 13.9. The predicted molar refractivity (Wildman–Crippen MR) is 54.8 cm³/mol. The lowest BCUT2D eigenvalue weighted by Gasteiger charge is -2.19. The number of aliphatic hydroxyl groups excluding tert-OH is 1. The van der Waals surface area contributed by atoms with Gasteiger partial charge in [-0.2, -0.15) is 0 Å². The van der Waals surface area contributed by atoms with E-state index in [-0.39, 0.29) is 5.56 Å². The fraction of sp³-hybridized carbons (Fsp3) is 0.455. The highest BCUT2D eigenvalue weighted by Gasteiger charge is 2.28. The Morgan fingerprint density at radius 3 is 2.29 bits per heavy atom. The molecule has 2 N–H and O–H groups in total. The van der Waals surface area contributed by atoms with Crippen molar-refractivity contribution in [3.05, 3.63) is 35.4 Å². The number of hydrogen-bond donors (Lipinski definition) is 2. The molecule has 0 saturated heterocycles. The van der Waals surface area contributed by atoms with Gasteiger partial charge in [-0.1, -0.05) is 6.07 Å². The summed E-state index contributed by atoms with van der Waals surface area (Å²) in [5, 5.41) is 10.6. The molecule has 1 aromatic carbocycles. The Morgan fingerprint density at radius 2 is 1.82 bits per heavy atom. The van der Waals surface area contributed by atoms with Crippen LogP contribution in [0.25, 0.3) is 0 Å². The molecule has 1 rings (SSSR count). The molecule has 1 atom stereocenters. The topological polar surface area (TPSA) is 32.3 Å². The molecule has 96 valence electrons. The Labute approximate surface area is 96.3 Å². The number of rotatable bonds is 5. The van der Waals surface area contributed by atoms with E-state index in [2.05, 4.69) is 5.32 Å².